The molecule has 1 aromatic heterocycles. The number of carbonyl (C=O) groups excluding carboxylic acids is 1. The van der Waals surface area contributed by atoms with Crippen LogP contribution in [0.15, 0.2) is 12.3 Å². The summed E-state index contributed by atoms with van der Waals surface area (Å²) in [7, 11) is 0. The molecule has 0 spiro atoms. The van der Waals surface area contributed by atoms with E-state index in [1.807, 2.05) is 0 Å². The fraction of sp³-hybridized carbons (Fsp3) is 0.400. The lowest BCUT2D eigenvalue weighted by Crippen LogP contribution is -2.57. The fourth-order valence-electron chi connectivity index (χ4n) is 1.35. The molecule has 0 radical (unpaired) electrons. The van der Waals surface area contributed by atoms with Gasteiger partial charge in [-0.3, -0.25) is 20.2 Å². The molecule has 1 N–H and O–H groups in total. The van der Waals surface area contributed by atoms with Crippen molar-refractivity contribution in [1.29, 1.82) is 0 Å². The number of nitrogens with zero attached hydrogens (tertiary/aromatic N) is 2. The highest BCUT2D eigenvalue weighted by atomic mass is 19.4. The summed E-state index contributed by atoms with van der Waals surface area (Å²) in [6.07, 6.45) is -12.2. The van der Waals surface area contributed by atoms with Gasteiger partial charge in [0.05, 0.1) is 10.5 Å². The summed E-state index contributed by atoms with van der Waals surface area (Å²) in [6.45, 7) is 0. The van der Waals surface area contributed by atoms with Crippen LogP contribution in [0.25, 0.3) is 0 Å². The smallest absolute Gasteiger partial charge is 0.299 e. The second-order valence-electron chi connectivity index (χ2n) is 4.45. The molecule has 0 saturated heterocycles. The molecule has 26 heavy (non-hydrogen) atoms. The highest BCUT2D eigenvalue weighted by Gasteiger charge is 2.76. The third-order valence-corrected chi connectivity index (χ3v) is 2.66. The molecule has 1 rings (SSSR count). The molecule has 1 heterocycles. The SMILES string of the molecule is O=C(Nc1ncc(C(F)(F)F)cc1[N+](=O)[O-])C(F)(F)C(F)(F)C(F)(F)F. The Bertz CT molecular complexity index is 728. The van der Waals surface area contributed by atoms with E-state index in [2.05, 4.69) is 4.98 Å². The Labute approximate surface area is 134 Å². The summed E-state index contributed by atoms with van der Waals surface area (Å²) in [6, 6.07) is -0.289. The standard InChI is InChI=1S/C10H3F10N3O3/c11-7(12,9(16,17)10(18,19)20)6(24)22-5-4(23(25)26)1-3(2-21-5)8(13,14)15/h1-2H,(H,21,22,24). The van der Waals surface area contributed by atoms with Gasteiger partial charge in [0.1, 0.15) is 0 Å². The van der Waals surface area contributed by atoms with E-state index in [0.717, 1.165) is 0 Å². The molecule has 0 bridgehead atoms. The van der Waals surface area contributed by atoms with E-state index in [4.69, 9.17) is 0 Å². The Morgan fingerprint density at radius 2 is 1.54 bits per heavy atom. The van der Waals surface area contributed by atoms with Crippen molar-refractivity contribution in [3.05, 3.63) is 27.9 Å². The fourth-order valence-corrected chi connectivity index (χ4v) is 1.35. The topological polar surface area (TPSA) is 85.1 Å². The second kappa shape index (κ2) is 6.24. The van der Waals surface area contributed by atoms with Crippen LogP contribution < -0.4 is 5.32 Å². The summed E-state index contributed by atoms with van der Waals surface area (Å²) in [4.78, 5) is 22.6. The number of aromatic nitrogens is 1. The van der Waals surface area contributed by atoms with Crippen molar-refractivity contribution in [2.75, 3.05) is 5.32 Å². The summed E-state index contributed by atoms with van der Waals surface area (Å²) in [5.74, 6) is -18.4. The zero-order valence-electron chi connectivity index (χ0n) is 11.6. The number of alkyl halides is 10. The van der Waals surface area contributed by atoms with Crippen LogP contribution in [0.4, 0.5) is 55.4 Å². The van der Waals surface area contributed by atoms with Crippen molar-refractivity contribution in [3.8, 4) is 0 Å². The van der Waals surface area contributed by atoms with Crippen molar-refractivity contribution in [2.45, 2.75) is 24.2 Å². The molecule has 16 heteroatoms. The van der Waals surface area contributed by atoms with E-state index in [-0.39, 0.29) is 12.3 Å². The monoisotopic (exact) mass is 403 g/mol. The minimum Gasteiger partial charge on any atom is -0.299 e. The van der Waals surface area contributed by atoms with Gasteiger partial charge in [0.2, 0.25) is 5.82 Å². The maximum atomic E-state index is 13.1. The Morgan fingerprint density at radius 1 is 1.04 bits per heavy atom. The quantitative estimate of drug-likeness (QED) is 0.471. The molecule has 0 saturated carbocycles. The van der Waals surface area contributed by atoms with Gasteiger partial charge in [-0.05, 0) is 0 Å². The molecule has 0 unspecified atom stereocenters. The molecule has 146 valence electrons. The maximum Gasteiger partial charge on any atom is 0.460 e. The normalized spacial score (nSPS) is 13.5. The van der Waals surface area contributed by atoms with Gasteiger partial charge < -0.3 is 0 Å². The van der Waals surface area contributed by atoms with Crippen LogP contribution in [0, 0.1) is 10.1 Å². The molecule has 0 aliphatic rings. The number of rotatable bonds is 4. The highest BCUT2D eigenvalue weighted by molar-refractivity contribution is 5.97. The van der Waals surface area contributed by atoms with Gasteiger partial charge in [-0.15, -0.1) is 0 Å². The molecule has 0 aliphatic heterocycles. The summed E-state index contributed by atoms with van der Waals surface area (Å²) < 4.78 is 125. The van der Waals surface area contributed by atoms with Gasteiger partial charge in [-0.25, -0.2) is 4.98 Å². The summed E-state index contributed by atoms with van der Waals surface area (Å²) >= 11 is 0. The number of hydrogen-bond acceptors (Lipinski definition) is 4. The number of carbonyl (C=O) groups is 1. The summed E-state index contributed by atoms with van der Waals surface area (Å²) in [5, 5.41) is 11.2. The van der Waals surface area contributed by atoms with Crippen molar-refractivity contribution >= 4 is 17.4 Å². The Hall–Kier alpha value is -2.68. The number of nitro groups is 1. The number of pyridine rings is 1. The first kappa shape index (κ1) is 21.4. The van der Waals surface area contributed by atoms with Crippen LogP contribution in [-0.4, -0.2) is 33.8 Å². The lowest BCUT2D eigenvalue weighted by atomic mass is 10.1. The zero-order valence-corrected chi connectivity index (χ0v) is 11.6. The van der Waals surface area contributed by atoms with E-state index in [1.165, 1.54) is 0 Å². The molecular formula is C10H3F10N3O3. The second-order valence-corrected chi connectivity index (χ2v) is 4.45. The van der Waals surface area contributed by atoms with Crippen LogP contribution in [0.2, 0.25) is 0 Å². The van der Waals surface area contributed by atoms with Gasteiger partial charge in [-0.1, -0.05) is 0 Å². The zero-order chi connectivity index (χ0) is 20.7. The number of hydrogen-bond donors (Lipinski definition) is 1. The summed E-state index contributed by atoms with van der Waals surface area (Å²) in [5.41, 5.74) is -3.53. The van der Waals surface area contributed by atoms with E-state index in [9.17, 15) is 58.8 Å². The Morgan fingerprint density at radius 3 is 1.92 bits per heavy atom. The van der Waals surface area contributed by atoms with Crippen LogP contribution in [-0.2, 0) is 11.0 Å². The van der Waals surface area contributed by atoms with Crippen molar-refractivity contribution in [1.82, 2.24) is 4.98 Å². The minimum atomic E-state index is -6.87. The molecule has 1 aromatic rings. The third kappa shape index (κ3) is 3.77. The first-order valence-corrected chi connectivity index (χ1v) is 5.78. The van der Waals surface area contributed by atoms with Gasteiger partial charge >= 0.3 is 35.8 Å². The molecule has 1 amide bonds. The van der Waals surface area contributed by atoms with Gasteiger partial charge in [0.15, 0.2) is 0 Å². The van der Waals surface area contributed by atoms with Crippen LogP contribution in [0.1, 0.15) is 5.56 Å². The first-order chi connectivity index (χ1) is 11.4. The first-order valence-electron chi connectivity index (χ1n) is 5.78. The lowest BCUT2D eigenvalue weighted by Gasteiger charge is -2.26. The van der Waals surface area contributed by atoms with Crippen LogP contribution in [0.3, 0.4) is 0 Å². The van der Waals surface area contributed by atoms with E-state index < -0.39 is 52.1 Å². The molecule has 6 nitrogen and oxygen atoms in total. The van der Waals surface area contributed by atoms with Gasteiger partial charge in [0, 0.05) is 12.3 Å². The Balaban J connectivity index is 3.31. The number of nitrogens with one attached hydrogen (secondary N) is 1. The molecular weight excluding hydrogens is 400 g/mol. The van der Waals surface area contributed by atoms with E-state index in [1.54, 1.807) is 0 Å². The largest absolute Gasteiger partial charge is 0.460 e. The van der Waals surface area contributed by atoms with Gasteiger partial charge in [0.25, 0.3) is 0 Å². The van der Waals surface area contributed by atoms with E-state index in [0.29, 0.717) is 5.32 Å². The predicted octanol–water partition coefficient (Wildman–Crippen LogP) is 3.78. The Kier molecular flexibility index (Phi) is 5.13. The molecule has 0 aromatic carbocycles. The predicted molar refractivity (Wildman–Crippen MR) is 60.5 cm³/mol. The van der Waals surface area contributed by atoms with E-state index >= 15 is 0 Å². The van der Waals surface area contributed by atoms with Crippen LogP contribution in [0.5, 0.6) is 0 Å². The average Bonchev–Trinajstić information content (AvgIpc) is 2.44. The van der Waals surface area contributed by atoms with Crippen LogP contribution >= 0.6 is 0 Å². The maximum absolute atomic E-state index is 13.1. The third-order valence-electron chi connectivity index (χ3n) is 2.66. The highest BCUT2D eigenvalue weighted by Crippen LogP contribution is 2.47. The average molecular weight is 403 g/mol. The molecule has 0 fully saturated rings. The number of amides is 1. The molecule has 0 aliphatic carbocycles. The number of halogens is 10. The number of anilines is 1. The molecule has 0 atom stereocenters. The van der Waals surface area contributed by atoms with Crippen molar-refractivity contribution < 1.29 is 53.6 Å². The lowest BCUT2D eigenvalue weighted by molar-refractivity contribution is -0.384. The van der Waals surface area contributed by atoms with Crippen molar-refractivity contribution in [2.24, 2.45) is 0 Å². The van der Waals surface area contributed by atoms with Crippen molar-refractivity contribution in [3.63, 3.8) is 0 Å². The minimum absolute atomic E-state index is 0.192. The van der Waals surface area contributed by atoms with Gasteiger partial charge in [-0.2, -0.15) is 43.9 Å².